The topological polar surface area (TPSA) is 32.3 Å². The lowest BCUT2D eigenvalue weighted by molar-refractivity contribution is 0.0427. The normalized spacial score (nSPS) is 29.4. The highest BCUT2D eigenvalue weighted by molar-refractivity contribution is 5.01. The third-order valence-corrected chi connectivity index (χ3v) is 4.37. The molecular formula is C14H22N4. The lowest BCUT2D eigenvalue weighted by Gasteiger charge is -2.43. The highest BCUT2D eigenvalue weighted by Crippen LogP contribution is 2.26. The molecule has 0 saturated carbocycles. The molecule has 0 bridgehead atoms. The van der Waals surface area contributed by atoms with Crippen molar-refractivity contribution < 1.29 is 0 Å². The van der Waals surface area contributed by atoms with Crippen LogP contribution in [0.4, 0.5) is 0 Å². The predicted octanol–water partition coefficient (Wildman–Crippen LogP) is 1.54. The summed E-state index contributed by atoms with van der Waals surface area (Å²) in [5, 5.41) is 8.20. The molecule has 0 amide bonds. The Labute approximate surface area is 109 Å². The molecule has 3 heterocycles. The molecule has 2 saturated heterocycles. The summed E-state index contributed by atoms with van der Waals surface area (Å²) in [6.45, 7) is 7.00. The van der Waals surface area contributed by atoms with Gasteiger partial charge in [-0.2, -0.15) is 10.2 Å². The molecule has 1 aromatic heterocycles. The van der Waals surface area contributed by atoms with E-state index in [1.54, 1.807) is 6.20 Å². The maximum absolute atomic E-state index is 4.22. The second-order valence-electron chi connectivity index (χ2n) is 5.50. The van der Waals surface area contributed by atoms with Crippen LogP contribution in [-0.2, 0) is 6.54 Å². The van der Waals surface area contributed by atoms with Crippen LogP contribution >= 0.6 is 0 Å². The van der Waals surface area contributed by atoms with Crippen molar-refractivity contribution >= 4 is 0 Å². The van der Waals surface area contributed by atoms with E-state index in [0.29, 0.717) is 6.04 Å². The van der Waals surface area contributed by atoms with E-state index in [0.717, 1.165) is 18.3 Å². The summed E-state index contributed by atoms with van der Waals surface area (Å²) < 4.78 is 0. The zero-order valence-corrected chi connectivity index (χ0v) is 11.1. The molecule has 2 fully saturated rings. The molecule has 0 aliphatic carbocycles. The van der Waals surface area contributed by atoms with Crippen LogP contribution in [0.1, 0.15) is 31.9 Å². The Morgan fingerprint density at radius 3 is 3.11 bits per heavy atom. The summed E-state index contributed by atoms with van der Waals surface area (Å²) in [7, 11) is 0. The summed E-state index contributed by atoms with van der Waals surface area (Å²) in [5.74, 6) is 0. The van der Waals surface area contributed by atoms with Crippen LogP contribution in [0.3, 0.4) is 0 Å². The minimum atomic E-state index is 0.682. The van der Waals surface area contributed by atoms with E-state index in [4.69, 9.17) is 0 Å². The number of rotatable bonds is 3. The second-order valence-corrected chi connectivity index (χ2v) is 5.50. The van der Waals surface area contributed by atoms with Crippen molar-refractivity contribution in [3.63, 3.8) is 0 Å². The SMILES string of the molecule is CCC1CN2CCCC2CN1Cc1cccnn1. The summed E-state index contributed by atoms with van der Waals surface area (Å²) in [5.41, 5.74) is 1.10. The molecule has 4 heteroatoms. The highest BCUT2D eigenvalue weighted by atomic mass is 15.3. The van der Waals surface area contributed by atoms with Gasteiger partial charge in [0.1, 0.15) is 0 Å². The molecule has 3 rings (SSSR count). The van der Waals surface area contributed by atoms with Crippen LogP contribution in [-0.4, -0.2) is 51.7 Å². The number of piperazine rings is 1. The summed E-state index contributed by atoms with van der Waals surface area (Å²) >= 11 is 0. The zero-order valence-electron chi connectivity index (χ0n) is 11.1. The van der Waals surface area contributed by atoms with Gasteiger partial charge in [0.15, 0.2) is 0 Å². The third-order valence-electron chi connectivity index (χ3n) is 4.37. The molecule has 0 N–H and O–H groups in total. The quantitative estimate of drug-likeness (QED) is 0.810. The van der Waals surface area contributed by atoms with Gasteiger partial charge in [0, 0.05) is 37.9 Å². The molecular weight excluding hydrogens is 224 g/mol. The summed E-state index contributed by atoms with van der Waals surface area (Å²) in [6, 6.07) is 5.53. The number of hydrogen-bond acceptors (Lipinski definition) is 4. The van der Waals surface area contributed by atoms with Gasteiger partial charge < -0.3 is 0 Å². The minimum absolute atomic E-state index is 0.682. The van der Waals surface area contributed by atoms with Gasteiger partial charge in [-0.25, -0.2) is 0 Å². The van der Waals surface area contributed by atoms with Crippen molar-refractivity contribution in [1.29, 1.82) is 0 Å². The number of hydrogen-bond donors (Lipinski definition) is 0. The smallest absolute Gasteiger partial charge is 0.0771 e. The Morgan fingerprint density at radius 2 is 2.33 bits per heavy atom. The van der Waals surface area contributed by atoms with Gasteiger partial charge in [-0.05, 0) is 37.9 Å². The largest absolute Gasteiger partial charge is 0.298 e. The van der Waals surface area contributed by atoms with Gasteiger partial charge in [0.25, 0.3) is 0 Å². The standard InChI is InChI=1S/C14H22N4/c1-2-13-10-17-8-4-6-14(17)11-18(13)9-12-5-3-7-15-16-12/h3,5,7,13-14H,2,4,6,8-11H2,1H3. The van der Waals surface area contributed by atoms with Crippen LogP contribution in [0.5, 0.6) is 0 Å². The van der Waals surface area contributed by atoms with E-state index in [1.165, 1.54) is 38.9 Å². The molecule has 0 spiro atoms. The van der Waals surface area contributed by atoms with Gasteiger partial charge in [0.2, 0.25) is 0 Å². The molecule has 2 atom stereocenters. The molecule has 18 heavy (non-hydrogen) atoms. The Kier molecular flexibility index (Phi) is 3.57. The fraction of sp³-hybridized carbons (Fsp3) is 0.714. The van der Waals surface area contributed by atoms with Crippen LogP contribution in [0.15, 0.2) is 18.3 Å². The molecule has 2 aliphatic heterocycles. The van der Waals surface area contributed by atoms with Crippen LogP contribution in [0, 0.1) is 0 Å². The Balaban J connectivity index is 1.69. The molecule has 4 nitrogen and oxygen atoms in total. The number of fused-ring (bicyclic) bond motifs is 1. The predicted molar refractivity (Wildman–Crippen MR) is 71.1 cm³/mol. The molecule has 98 valence electrons. The molecule has 0 radical (unpaired) electrons. The van der Waals surface area contributed by atoms with Crippen molar-refractivity contribution in [1.82, 2.24) is 20.0 Å². The van der Waals surface area contributed by atoms with E-state index >= 15 is 0 Å². The lowest BCUT2D eigenvalue weighted by atomic mass is 10.0. The number of aromatic nitrogens is 2. The Bertz CT molecular complexity index is 381. The first-order valence-corrected chi connectivity index (χ1v) is 7.11. The summed E-state index contributed by atoms with van der Waals surface area (Å²) in [6.07, 6.45) is 5.71. The minimum Gasteiger partial charge on any atom is -0.298 e. The highest BCUT2D eigenvalue weighted by Gasteiger charge is 2.35. The zero-order chi connectivity index (χ0) is 12.4. The van der Waals surface area contributed by atoms with Crippen LogP contribution < -0.4 is 0 Å². The monoisotopic (exact) mass is 246 g/mol. The van der Waals surface area contributed by atoms with Crippen LogP contribution in [0.2, 0.25) is 0 Å². The molecule has 1 aromatic rings. The molecule has 2 aliphatic rings. The van der Waals surface area contributed by atoms with E-state index in [9.17, 15) is 0 Å². The van der Waals surface area contributed by atoms with E-state index < -0.39 is 0 Å². The first-order valence-electron chi connectivity index (χ1n) is 7.11. The first-order chi connectivity index (χ1) is 8.86. The van der Waals surface area contributed by atoms with E-state index in [-0.39, 0.29) is 0 Å². The van der Waals surface area contributed by atoms with Crippen molar-refractivity contribution in [2.45, 2.75) is 44.8 Å². The van der Waals surface area contributed by atoms with Crippen molar-refractivity contribution in [3.8, 4) is 0 Å². The second kappa shape index (κ2) is 5.33. The molecule has 0 aromatic carbocycles. The molecule has 2 unspecified atom stereocenters. The summed E-state index contributed by atoms with van der Waals surface area (Å²) in [4.78, 5) is 5.29. The van der Waals surface area contributed by atoms with E-state index in [1.807, 2.05) is 6.07 Å². The van der Waals surface area contributed by atoms with Gasteiger partial charge in [0.05, 0.1) is 5.69 Å². The van der Waals surface area contributed by atoms with Gasteiger partial charge in [-0.3, -0.25) is 9.80 Å². The first kappa shape index (κ1) is 12.1. The van der Waals surface area contributed by atoms with Crippen LogP contribution in [0.25, 0.3) is 0 Å². The average Bonchev–Trinajstić information content (AvgIpc) is 2.86. The Hall–Kier alpha value is -1.00. The van der Waals surface area contributed by atoms with Gasteiger partial charge in [-0.15, -0.1) is 0 Å². The van der Waals surface area contributed by atoms with Gasteiger partial charge >= 0.3 is 0 Å². The van der Waals surface area contributed by atoms with Crippen molar-refractivity contribution in [2.24, 2.45) is 0 Å². The maximum Gasteiger partial charge on any atom is 0.0771 e. The van der Waals surface area contributed by atoms with E-state index in [2.05, 4.69) is 33.0 Å². The fourth-order valence-electron chi connectivity index (χ4n) is 3.35. The van der Waals surface area contributed by atoms with Gasteiger partial charge in [-0.1, -0.05) is 6.92 Å². The Morgan fingerprint density at radius 1 is 1.39 bits per heavy atom. The third kappa shape index (κ3) is 2.40. The maximum atomic E-state index is 4.22. The average molecular weight is 246 g/mol. The van der Waals surface area contributed by atoms with Crippen molar-refractivity contribution in [3.05, 3.63) is 24.0 Å². The number of nitrogens with zero attached hydrogens (tertiary/aromatic N) is 4. The lowest BCUT2D eigenvalue weighted by Crippen LogP contribution is -2.55. The van der Waals surface area contributed by atoms with Crippen molar-refractivity contribution in [2.75, 3.05) is 19.6 Å². The fourth-order valence-corrected chi connectivity index (χ4v) is 3.35.